The van der Waals surface area contributed by atoms with E-state index in [2.05, 4.69) is 0 Å². The third kappa shape index (κ3) is 103000. The second-order valence-electron chi connectivity index (χ2n) is 0.408. The minimum Gasteiger partial charge on any atom is -0.759 e. The minimum atomic E-state index is -5.17. The summed E-state index contributed by atoms with van der Waals surface area (Å²) in [6, 6.07) is 0. The van der Waals surface area contributed by atoms with E-state index in [9.17, 15) is 0 Å². The molecule has 0 saturated heterocycles. The van der Waals surface area contributed by atoms with Crippen LogP contribution in [0.25, 0.3) is 0 Å². The Bertz CT molecular complexity index is 98.1. The molecule has 0 aliphatic heterocycles. The van der Waals surface area contributed by atoms with Crippen LogP contribution in [0.1, 0.15) is 0 Å². The molecule has 0 aliphatic carbocycles. The summed E-state index contributed by atoms with van der Waals surface area (Å²) in [6.07, 6.45) is 0. The SMILES string of the molecule is O.O.O.O.O.O.O=S(=O)([O-])[O-].[Fe+].[NH4+]. The van der Waals surface area contributed by atoms with Gasteiger partial charge in [-0.3, -0.25) is 8.42 Å². The number of hydrogen-bond donors (Lipinski definition) is 1. The van der Waals surface area contributed by atoms with Gasteiger partial charge in [-0.2, -0.15) is 0 Å². The van der Waals surface area contributed by atoms with Gasteiger partial charge in [0.05, 0.1) is 0 Å². The molecule has 0 bridgehead atoms. The van der Waals surface area contributed by atoms with Crippen LogP contribution in [-0.2, 0) is 27.5 Å². The Morgan fingerprint density at radius 1 is 0.692 bits per heavy atom. The van der Waals surface area contributed by atoms with Crippen LogP contribution in [0.2, 0.25) is 0 Å². The van der Waals surface area contributed by atoms with Crippen LogP contribution in [0.15, 0.2) is 0 Å². The van der Waals surface area contributed by atoms with Crippen LogP contribution in [0.5, 0.6) is 0 Å². The van der Waals surface area contributed by atoms with Gasteiger partial charge in [-0.1, -0.05) is 0 Å². The summed E-state index contributed by atoms with van der Waals surface area (Å²) in [5.74, 6) is 0. The molecule has 0 atom stereocenters. The summed E-state index contributed by atoms with van der Waals surface area (Å²) in [5.41, 5.74) is 0. The molecular weight excluding hydrogens is 262 g/mol. The molecule has 0 heterocycles. The average Bonchev–Trinajstić information content (AvgIpc) is 0.722. The maximum Gasteiger partial charge on any atom is 1.00 e. The average molecular weight is 278 g/mol. The standard InChI is InChI=1S/Fe.H3N.H2O4S.6H2O/c;;1-5(2,3)4;;;;;;/h;1H3;(H2,1,2,3,4);6*1H2/q+1;;;;;;;;/p-1. The maximum absolute atomic E-state index is 8.52. The molecule has 0 saturated carbocycles. The van der Waals surface area contributed by atoms with Gasteiger partial charge in [-0.05, 0) is 0 Å². The van der Waals surface area contributed by atoms with E-state index in [1.807, 2.05) is 0 Å². The van der Waals surface area contributed by atoms with Gasteiger partial charge in [0, 0.05) is 10.4 Å². The van der Waals surface area contributed by atoms with Crippen LogP contribution in [0.3, 0.4) is 0 Å². The number of rotatable bonds is 0. The van der Waals surface area contributed by atoms with Crippen molar-refractivity contribution in [1.82, 2.24) is 6.15 Å². The summed E-state index contributed by atoms with van der Waals surface area (Å²) < 4.78 is 34.1. The zero-order chi connectivity index (χ0) is 4.50. The molecule has 1 radical (unpaired) electrons. The Morgan fingerprint density at radius 3 is 0.692 bits per heavy atom. The zero-order valence-electron chi connectivity index (χ0n) is 6.39. The zero-order valence-corrected chi connectivity index (χ0v) is 8.32. The molecule has 13 heteroatoms. The van der Waals surface area contributed by atoms with Crippen molar-refractivity contribution >= 4 is 10.4 Å². The van der Waals surface area contributed by atoms with Gasteiger partial charge >= 0.3 is 17.1 Å². The molecule has 0 spiro atoms. The van der Waals surface area contributed by atoms with Gasteiger partial charge in [0.2, 0.25) is 0 Å². The molecule has 0 rings (SSSR count). The molecule has 11 nitrogen and oxygen atoms in total. The monoisotopic (exact) mass is 278 g/mol. The quantitative estimate of drug-likeness (QED) is 0.256. The second-order valence-corrected chi connectivity index (χ2v) is 1.22. The van der Waals surface area contributed by atoms with Gasteiger partial charge in [0.15, 0.2) is 0 Å². The van der Waals surface area contributed by atoms with Crippen LogP contribution < -0.4 is 6.15 Å². The van der Waals surface area contributed by atoms with Crippen molar-refractivity contribution in [1.29, 1.82) is 0 Å². The predicted octanol–water partition coefficient (Wildman–Crippen LogP) is -5.91. The fourth-order valence-electron chi connectivity index (χ4n) is 0. The van der Waals surface area contributed by atoms with Crippen molar-refractivity contribution in [3.63, 3.8) is 0 Å². The molecular formula is H16FeNO10S. The first kappa shape index (κ1) is 114. The van der Waals surface area contributed by atoms with Gasteiger partial charge in [-0.15, -0.1) is 0 Å². The van der Waals surface area contributed by atoms with E-state index in [-0.39, 0.29) is 56.1 Å². The second kappa shape index (κ2) is 40.0. The molecule has 0 aromatic carbocycles. The van der Waals surface area contributed by atoms with Crippen LogP contribution in [-0.4, -0.2) is 50.4 Å². The first-order valence-corrected chi connectivity index (χ1v) is 2.00. The van der Waals surface area contributed by atoms with Crippen molar-refractivity contribution < 1.29 is 67.4 Å². The number of hydrogen-bond acceptors (Lipinski definition) is 4. The normalized spacial score (nSPS) is 4.46. The third-order valence-electron chi connectivity index (χ3n) is 0. The van der Waals surface area contributed by atoms with Crippen molar-refractivity contribution in [2.45, 2.75) is 0 Å². The molecule has 0 fully saturated rings. The van der Waals surface area contributed by atoms with Crippen LogP contribution in [0, 0.1) is 0 Å². The van der Waals surface area contributed by atoms with Crippen LogP contribution >= 0.6 is 0 Å². The summed E-state index contributed by atoms with van der Waals surface area (Å²) in [7, 11) is -5.17. The molecule has 0 aliphatic rings. The summed E-state index contributed by atoms with van der Waals surface area (Å²) in [5, 5.41) is 0. The topological polar surface area (TPSA) is 306 Å². The Hall–Kier alpha value is 0.109. The van der Waals surface area contributed by atoms with E-state index < -0.39 is 10.4 Å². The van der Waals surface area contributed by atoms with Crippen LogP contribution in [0.4, 0.5) is 0 Å². The van der Waals surface area contributed by atoms with E-state index in [0.717, 1.165) is 0 Å². The van der Waals surface area contributed by atoms with E-state index >= 15 is 0 Å². The molecule has 0 aromatic heterocycles. The van der Waals surface area contributed by atoms with Gasteiger partial charge in [0.1, 0.15) is 0 Å². The Kier molecular flexibility index (Phi) is 351. The molecule has 0 aromatic rings. The van der Waals surface area contributed by atoms with Crippen molar-refractivity contribution in [2.75, 3.05) is 0 Å². The number of quaternary nitrogens is 1. The van der Waals surface area contributed by atoms with E-state index in [0.29, 0.717) is 0 Å². The molecule has 0 amide bonds. The summed E-state index contributed by atoms with van der Waals surface area (Å²) in [6.45, 7) is 0. The fraction of sp³-hybridized carbons (Fsp3) is 0. The predicted molar refractivity (Wildman–Crippen MR) is 38.1 cm³/mol. The molecule has 16 N–H and O–H groups in total. The van der Waals surface area contributed by atoms with Crippen molar-refractivity contribution in [2.24, 2.45) is 0 Å². The van der Waals surface area contributed by atoms with Crippen molar-refractivity contribution in [3.05, 3.63) is 0 Å². The Labute approximate surface area is 84.6 Å². The smallest absolute Gasteiger partial charge is 0.759 e. The maximum atomic E-state index is 8.52. The van der Waals surface area contributed by atoms with Gasteiger partial charge in [0.25, 0.3) is 0 Å². The Balaban J connectivity index is -0.00000000286. The summed E-state index contributed by atoms with van der Waals surface area (Å²) in [4.78, 5) is 0. The van der Waals surface area contributed by atoms with E-state index in [1.165, 1.54) is 0 Å². The van der Waals surface area contributed by atoms with Gasteiger partial charge < -0.3 is 48.1 Å². The van der Waals surface area contributed by atoms with Crippen molar-refractivity contribution in [3.8, 4) is 0 Å². The largest absolute Gasteiger partial charge is 1.00 e. The minimum absolute atomic E-state index is 0. The Morgan fingerprint density at radius 2 is 0.692 bits per heavy atom. The molecule has 95 valence electrons. The van der Waals surface area contributed by atoms with E-state index in [4.69, 9.17) is 17.5 Å². The van der Waals surface area contributed by atoms with Gasteiger partial charge in [-0.25, -0.2) is 0 Å². The fourth-order valence-corrected chi connectivity index (χ4v) is 0. The summed E-state index contributed by atoms with van der Waals surface area (Å²) >= 11 is 0. The molecule has 0 unspecified atom stereocenters. The van der Waals surface area contributed by atoms with E-state index in [1.54, 1.807) is 0 Å². The first-order valence-electron chi connectivity index (χ1n) is 0.667. The molecule has 13 heavy (non-hydrogen) atoms. The third-order valence-corrected chi connectivity index (χ3v) is 0. The first-order chi connectivity index (χ1) is 2.00.